The number of rotatable bonds is 1. The van der Waals surface area contributed by atoms with Crippen LogP contribution in [0.4, 0.5) is 0 Å². The minimum absolute atomic E-state index is 0.0104. The molecule has 0 saturated heterocycles. The topological polar surface area (TPSA) is 30.2 Å². The molecule has 1 aromatic heterocycles. The molecule has 0 N–H and O–H groups in total. The lowest BCUT2D eigenvalue weighted by molar-refractivity contribution is 0.602. The second-order valence-corrected chi connectivity index (χ2v) is 4.82. The van der Waals surface area contributed by atoms with E-state index in [0.29, 0.717) is 16.5 Å². The van der Waals surface area contributed by atoms with E-state index in [1.54, 1.807) is 6.07 Å². The molecule has 0 saturated carbocycles. The van der Waals surface area contributed by atoms with Crippen LogP contribution in [0.5, 0.6) is 0 Å². The van der Waals surface area contributed by atoms with Gasteiger partial charge in [0.05, 0.1) is 15.4 Å². The summed E-state index contributed by atoms with van der Waals surface area (Å²) in [7, 11) is 0. The summed E-state index contributed by atoms with van der Waals surface area (Å²) in [6, 6.07) is 15.0. The van der Waals surface area contributed by atoms with Gasteiger partial charge < -0.3 is 4.42 Å². The van der Waals surface area contributed by atoms with Crippen molar-refractivity contribution in [3.63, 3.8) is 0 Å². The van der Waals surface area contributed by atoms with Gasteiger partial charge in [-0.05, 0) is 33.6 Å². The van der Waals surface area contributed by atoms with E-state index in [4.69, 9.17) is 4.42 Å². The third kappa shape index (κ3) is 1.77. The van der Waals surface area contributed by atoms with Gasteiger partial charge in [0.15, 0.2) is 5.58 Å². The van der Waals surface area contributed by atoms with Crippen LogP contribution in [0.3, 0.4) is 0 Å². The molecule has 0 aliphatic rings. The first-order chi connectivity index (χ1) is 8.77. The van der Waals surface area contributed by atoms with E-state index >= 15 is 0 Å². The predicted octanol–water partition coefficient (Wildman–Crippen LogP) is 4.22. The summed E-state index contributed by atoms with van der Waals surface area (Å²) >= 11 is 3.38. The average molecular weight is 301 g/mol. The van der Waals surface area contributed by atoms with Crippen LogP contribution in [-0.2, 0) is 0 Å². The highest BCUT2D eigenvalue weighted by Crippen LogP contribution is 2.24. The van der Waals surface area contributed by atoms with Crippen molar-refractivity contribution in [2.45, 2.75) is 0 Å². The number of fused-ring (bicyclic) bond motifs is 1. The standard InChI is InChI=1S/C15H9BrO2/c16-13-8-4-7-11-14(17)12(9-18-15(11)13)10-5-2-1-3-6-10/h1-9H. The summed E-state index contributed by atoms with van der Waals surface area (Å²) in [6.45, 7) is 0. The highest BCUT2D eigenvalue weighted by molar-refractivity contribution is 9.10. The van der Waals surface area contributed by atoms with E-state index in [9.17, 15) is 4.79 Å². The first-order valence-electron chi connectivity index (χ1n) is 5.53. The summed E-state index contributed by atoms with van der Waals surface area (Å²) in [5, 5.41) is 0.589. The van der Waals surface area contributed by atoms with Crippen molar-refractivity contribution in [2.24, 2.45) is 0 Å². The van der Waals surface area contributed by atoms with Crippen molar-refractivity contribution in [2.75, 3.05) is 0 Å². The Morgan fingerprint density at radius 2 is 1.72 bits per heavy atom. The largest absolute Gasteiger partial charge is 0.462 e. The second-order valence-electron chi connectivity index (χ2n) is 3.96. The molecule has 2 aromatic carbocycles. The zero-order valence-corrected chi connectivity index (χ0v) is 11.0. The summed E-state index contributed by atoms with van der Waals surface area (Å²) < 4.78 is 6.35. The van der Waals surface area contributed by atoms with Crippen LogP contribution in [0.1, 0.15) is 0 Å². The maximum atomic E-state index is 12.4. The number of hydrogen-bond donors (Lipinski definition) is 0. The Balaban J connectivity index is 2.35. The van der Waals surface area contributed by atoms with Crippen LogP contribution in [0.2, 0.25) is 0 Å². The predicted molar refractivity (Wildman–Crippen MR) is 75.6 cm³/mol. The van der Waals surface area contributed by atoms with Gasteiger partial charge >= 0.3 is 0 Å². The molecule has 0 amide bonds. The summed E-state index contributed by atoms with van der Waals surface area (Å²) in [5.74, 6) is 0. The average Bonchev–Trinajstić information content (AvgIpc) is 2.41. The SMILES string of the molecule is O=c1c(-c2ccccc2)coc2c(Br)cccc12. The molecule has 0 fully saturated rings. The first kappa shape index (κ1) is 11.2. The molecule has 3 heteroatoms. The Kier molecular flexibility index (Phi) is 2.76. The zero-order valence-electron chi connectivity index (χ0n) is 9.39. The van der Waals surface area contributed by atoms with E-state index in [1.165, 1.54) is 6.26 Å². The Labute approximate surface area is 112 Å². The quantitative estimate of drug-likeness (QED) is 0.673. The fraction of sp³-hybridized carbons (Fsp3) is 0. The minimum atomic E-state index is -0.0104. The molecular weight excluding hydrogens is 292 g/mol. The number of benzene rings is 2. The van der Waals surface area contributed by atoms with Crippen molar-refractivity contribution in [3.8, 4) is 11.1 Å². The van der Waals surface area contributed by atoms with Gasteiger partial charge in [0.1, 0.15) is 6.26 Å². The highest BCUT2D eigenvalue weighted by Gasteiger charge is 2.10. The van der Waals surface area contributed by atoms with Gasteiger partial charge in [0.2, 0.25) is 5.43 Å². The Morgan fingerprint density at radius 3 is 2.50 bits per heavy atom. The van der Waals surface area contributed by atoms with Crippen molar-refractivity contribution in [3.05, 3.63) is 69.5 Å². The zero-order chi connectivity index (χ0) is 12.5. The van der Waals surface area contributed by atoms with Crippen LogP contribution < -0.4 is 5.43 Å². The highest BCUT2D eigenvalue weighted by atomic mass is 79.9. The Morgan fingerprint density at radius 1 is 0.944 bits per heavy atom. The molecule has 3 aromatic rings. The monoisotopic (exact) mass is 300 g/mol. The number of hydrogen-bond acceptors (Lipinski definition) is 2. The third-order valence-corrected chi connectivity index (χ3v) is 3.46. The van der Waals surface area contributed by atoms with Gasteiger partial charge in [0, 0.05) is 0 Å². The van der Waals surface area contributed by atoms with E-state index < -0.39 is 0 Å². The van der Waals surface area contributed by atoms with Crippen LogP contribution in [-0.4, -0.2) is 0 Å². The third-order valence-electron chi connectivity index (χ3n) is 2.84. The lowest BCUT2D eigenvalue weighted by Crippen LogP contribution is -2.04. The van der Waals surface area contributed by atoms with Crippen LogP contribution in [0, 0.1) is 0 Å². The van der Waals surface area contributed by atoms with Crippen molar-refractivity contribution in [1.82, 2.24) is 0 Å². The smallest absolute Gasteiger partial charge is 0.200 e. The van der Waals surface area contributed by atoms with Gasteiger partial charge in [0.25, 0.3) is 0 Å². The van der Waals surface area contributed by atoms with Gasteiger partial charge in [-0.15, -0.1) is 0 Å². The molecule has 18 heavy (non-hydrogen) atoms. The number of halogens is 1. The molecule has 88 valence electrons. The van der Waals surface area contributed by atoms with Crippen LogP contribution in [0.25, 0.3) is 22.1 Å². The molecular formula is C15H9BrO2. The molecule has 1 heterocycles. The molecule has 0 aliphatic heterocycles. The lowest BCUT2D eigenvalue weighted by atomic mass is 10.1. The fourth-order valence-electron chi connectivity index (χ4n) is 1.94. The summed E-state index contributed by atoms with van der Waals surface area (Å²) in [5.41, 5.74) is 2.03. The second kappa shape index (κ2) is 4.42. The van der Waals surface area contributed by atoms with Gasteiger partial charge in [-0.3, -0.25) is 4.79 Å². The molecule has 0 spiro atoms. The normalized spacial score (nSPS) is 10.7. The Bertz CT molecular complexity index is 760. The lowest BCUT2D eigenvalue weighted by Gasteiger charge is -2.03. The van der Waals surface area contributed by atoms with Crippen LogP contribution in [0.15, 0.2) is 68.5 Å². The van der Waals surface area contributed by atoms with Gasteiger partial charge in [-0.25, -0.2) is 0 Å². The molecule has 2 nitrogen and oxygen atoms in total. The summed E-state index contributed by atoms with van der Waals surface area (Å²) in [6.07, 6.45) is 1.52. The minimum Gasteiger partial charge on any atom is -0.462 e. The number of para-hydroxylation sites is 1. The van der Waals surface area contributed by atoms with Gasteiger partial charge in [-0.2, -0.15) is 0 Å². The molecule has 0 bridgehead atoms. The van der Waals surface area contributed by atoms with Crippen molar-refractivity contribution in [1.29, 1.82) is 0 Å². The molecule has 3 rings (SSSR count). The molecule has 0 atom stereocenters. The molecule has 0 aliphatic carbocycles. The summed E-state index contributed by atoms with van der Waals surface area (Å²) in [4.78, 5) is 12.4. The van der Waals surface area contributed by atoms with Crippen LogP contribution >= 0.6 is 15.9 Å². The van der Waals surface area contributed by atoms with Crippen molar-refractivity contribution < 1.29 is 4.42 Å². The molecule has 0 radical (unpaired) electrons. The Hall–Kier alpha value is -1.87. The fourth-order valence-corrected chi connectivity index (χ4v) is 2.40. The van der Waals surface area contributed by atoms with E-state index in [1.807, 2.05) is 42.5 Å². The van der Waals surface area contributed by atoms with Crippen molar-refractivity contribution >= 4 is 26.9 Å². The van der Waals surface area contributed by atoms with E-state index in [2.05, 4.69) is 15.9 Å². The first-order valence-corrected chi connectivity index (χ1v) is 6.32. The van der Waals surface area contributed by atoms with E-state index in [-0.39, 0.29) is 5.43 Å². The maximum absolute atomic E-state index is 12.4. The molecule has 0 unspecified atom stereocenters. The maximum Gasteiger partial charge on any atom is 0.200 e. The van der Waals surface area contributed by atoms with E-state index in [0.717, 1.165) is 10.0 Å². The van der Waals surface area contributed by atoms with Gasteiger partial charge in [-0.1, -0.05) is 36.4 Å².